The summed E-state index contributed by atoms with van der Waals surface area (Å²) in [6, 6.07) is 0. The molecule has 0 aliphatic heterocycles. The third kappa shape index (κ3) is 3.22. The predicted octanol–water partition coefficient (Wildman–Crippen LogP) is 1.33. The Morgan fingerprint density at radius 3 is 2.35 bits per heavy atom. The van der Waals surface area contributed by atoms with Gasteiger partial charge >= 0.3 is 7.60 Å². The highest BCUT2D eigenvalue weighted by atomic mass is 35.5. The van der Waals surface area contributed by atoms with Gasteiger partial charge in [0.25, 0.3) is 5.88 Å². The molecule has 7 nitrogen and oxygen atoms in total. The smallest absolute Gasteiger partial charge is 0.377 e. The van der Waals surface area contributed by atoms with Gasteiger partial charge in [0.15, 0.2) is 14.9 Å². The summed E-state index contributed by atoms with van der Waals surface area (Å²) in [6.45, 7) is 1.22. The summed E-state index contributed by atoms with van der Waals surface area (Å²) in [6.07, 6.45) is 0.988. The number of halogens is 1. The van der Waals surface area contributed by atoms with E-state index in [9.17, 15) is 13.0 Å². The molecule has 0 radical (unpaired) electrons. The lowest BCUT2D eigenvalue weighted by molar-refractivity contribution is 0.323. The van der Waals surface area contributed by atoms with Crippen LogP contribution in [0.25, 0.3) is 0 Å². The van der Waals surface area contributed by atoms with Gasteiger partial charge in [0.05, 0.1) is 0 Å². The van der Waals surface area contributed by atoms with Crippen molar-refractivity contribution in [2.75, 3.05) is 20.0 Å². The molecule has 0 aliphatic rings. The number of nitrogens with zero attached hydrogens (tertiary/aromatic N) is 2. The Balaban J connectivity index is 3.28. The van der Waals surface area contributed by atoms with Gasteiger partial charge in [0, 0.05) is 27.1 Å². The molecule has 0 spiro atoms. The Labute approximate surface area is 104 Å². The Hall–Kier alpha value is -0.560. The van der Waals surface area contributed by atoms with E-state index in [4.69, 9.17) is 16.1 Å². The number of sulfone groups is 1. The molecule has 17 heavy (non-hydrogen) atoms. The maximum atomic E-state index is 11.6. The third-order valence-corrected chi connectivity index (χ3v) is 4.64. The Kier molecular flexibility index (Phi) is 3.93. The molecule has 0 bridgehead atoms. The number of rotatable bonds is 4. The van der Waals surface area contributed by atoms with Gasteiger partial charge in [-0.15, -0.1) is 5.10 Å². The minimum absolute atomic E-state index is 0.203. The van der Waals surface area contributed by atoms with Crippen molar-refractivity contribution < 1.29 is 22.0 Å². The normalized spacial score (nSPS) is 15.6. The van der Waals surface area contributed by atoms with E-state index in [1.54, 1.807) is 0 Å². The van der Waals surface area contributed by atoms with Gasteiger partial charge in [0.1, 0.15) is 5.02 Å². The molecule has 1 aromatic heterocycles. The van der Waals surface area contributed by atoms with E-state index in [1.807, 2.05) is 0 Å². The van der Waals surface area contributed by atoms with Crippen LogP contribution in [-0.4, -0.2) is 38.2 Å². The summed E-state index contributed by atoms with van der Waals surface area (Å²) in [7, 11) is -4.29. The zero-order valence-electron chi connectivity index (χ0n) is 9.67. The molecule has 1 atom stereocenters. The molecule has 0 aromatic carbocycles. The summed E-state index contributed by atoms with van der Waals surface area (Å²) >= 11 is 5.81. The first-order chi connectivity index (χ1) is 7.58. The topological polar surface area (TPSA) is 87.5 Å². The number of aryl methyl sites for hydroxylation is 1. The van der Waals surface area contributed by atoms with Crippen molar-refractivity contribution in [1.82, 2.24) is 9.78 Å². The molecule has 98 valence electrons. The number of aromatic nitrogens is 2. The zero-order chi connectivity index (χ0) is 13.4. The second-order valence-electron chi connectivity index (χ2n) is 3.37. The average Bonchev–Trinajstić information content (AvgIpc) is 2.40. The van der Waals surface area contributed by atoms with E-state index >= 15 is 0 Å². The Morgan fingerprint density at radius 1 is 1.47 bits per heavy atom. The molecule has 0 amide bonds. The van der Waals surface area contributed by atoms with Crippen LogP contribution in [-0.2, 0) is 26.0 Å². The van der Waals surface area contributed by atoms with Crippen LogP contribution in [0.1, 0.15) is 0 Å². The first kappa shape index (κ1) is 14.5. The molecule has 0 saturated heterocycles. The summed E-state index contributed by atoms with van der Waals surface area (Å²) in [5.41, 5.74) is 0. The minimum atomic E-state index is -3.55. The molecule has 1 aromatic rings. The highest BCUT2D eigenvalue weighted by Crippen LogP contribution is 2.45. The summed E-state index contributed by atoms with van der Waals surface area (Å²) < 4.78 is 45.0. The standard InChI is InChI=1S/C7H12ClN2O5PS/c1-10-7(17(4,12)13)5(8)6(9-10)15-16(3,11)14-2/h1-4H3. The second-order valence-corrected chi connectivity index (χ2v) is 7.76. The number of hydrogen-bond donors (Lipinski definition) is 0. The lowest BCUT2D eigenvalue weighted by Crippen LogP contribution is -2.05. The van der Waals surface area contributed by atoms with Crippen LogP contribution in [0.5, 0.6) is 5.88 Å². The van der Waals surface area contributed by atoms with Crippen molar-refractivity contribution in [2.45, 2.75) is 5.03 Å². The van der Waals surface area contributed by atoms with Crippen LogP contribution in [0.3, 0.4) is 0 Å². The lowest BCUT2D eigenvalue weighted by atomic mass is 10.7. The van der Waals surface area contributed by atoms with Crippen LogP contribution in [0.15, 0.2) is 5.03 Å². The fraction of sp³-hybridized carbons (Fsp3) is 0.571. The van der Waals surface area contributed by atoms with E-state index in [2.05, 4.69) is 9.62 Å². The predicted molar refractivity (Wildman–Crippen MR) is 62.5 cm³/mol. The van der Waals surface area contributed by atoms with Crippen molar-refractivity contribution in [3.63, 3.8) is 0 Å². The molecular weight excluding hydrogens is 291 g/mol. The lowest BCUT2D eigenvalue weighted by Gasteiger charge is -2.09. The molecule has 1 heterocycles. The fourth-order valence-corrected chi connectivity index (χ4v) is 3.24. The quantitative estimate of drug-likeness (QED) is 0.780. The first-order valence-electron chi connectivity index (χ1n) is 4.34. The van der Waals surface area contributed by atoms with Crippen LogP contribution in [0.4, 0.5) is 0 Å². The zero-order valence-corrected chi connectivity index (χ0v) is 12.1. The van der Waals surface area contributed by atoms with Crippen LogP contribution < -0.4 is 4.52 Å². The van der Waals surface area contributed by atoms with Crippen LogP contribution >= 0.6 is 19.2 Å². The summed E-state index contributed by atoms with van der Waals surface area (Å²) in [4.78, 5) is 0. The number of hydrogen-bond acceptors (Lipinski definition) is 6. The molecular formula is C7H12ClN2O5PS. The second kappa shape index (κ2) is 4.61. The van der Waals surface area contributed by atoms with Gasteiger partial charge in [-0.05, 0) is 0 Å². The van der Waals surface area contributed by atoms with Gasteiger partial charge in [-0.25, -0.2) is 13.0 Å². The van der Waals surface area contributed by atoms with Crippen LogP contribution in [0.2, 0.25) is 5.02 Å². The van der Waals surface area contributed by atoms with Gasteiger partial charge in [0.2, 0.25) is 0 Å². The van der Waals surface area contributed by atoms with E-state index in [1.165, 1.54) is 20.8 Å². The summed E-state index contributed by atoms with van der Waals surface area (Å²) in [5.74, 6) is -0.234. The van der Waals surface area contributed by atoms with Gasteiger partial charge in [-0.2, -0.15) is 0 Å². The van der Waals surface area contributed by atoms with E-state index in [0.29, 0.717) is 0 Å². The average molecular weight is 303 g/mol. The molecule has 0 fully saturated rings. The highest BCUT2D eigenvalue weighted by molar-refractivity contribution is 7.90. The maximum absolute atomic E-state index is 11.6. The van der Waals surface area contributed by atoms with Crippen molar-refractivity contribution in [3.8, 4) is 5.88 Å². The van der Waals surface area contributed by atoms with Crippen molar-refractivity contribution in [1.29, 1.82) is 0 Å². The van der Waals surface area contributed by atoms with Crippen molar-refractivity contribution in [3.05, 3.63) is 5.02 Å². The summed E-state index contributed by atoms with van der Waals surface area (Å²) in [5, 5.41) is 3.32. The van der Waals surface area contributed by atoms with Gasteiger partial charge in [-0.1, -0.05) is 11.6 Å². The highest BCUT2D eigenvalue weighted by Gasteiger charge is 2.27. The third-order valence-electron chi connectivity index (χ3n) is 1.85. The van der Waals surface area contributed by atoms with E-state index in [0.717, 1.165) is 10.9 Å². The van der Waals surface area contributed by atoms with Gasteiger partial charge in [-0.3, -0.25) is 4.68 Å². The van der Waals surface area contributed by atoms with Crippen molar-refractivity contribution in [2.24, 2.45) is 7.05 Å². The maximum Gasteiger partial charge on any atom is 0.377 e. The van der Waals surface area contributed by atoms with Crippen LogP contribution in [0, 0.1) is 0 Å². The first-order valence-corrected chi connectivity index (χ1v) is 8.60. The molecule has 0 N–H and O–H groups in total. The molecule has 10 heteroatoms. The van der Waals surface area contributed by atoms with E-state index in [-0.39, 0.29) is 15.9 Å². The molecule has 0 aliphatic carbocycles. The molecule has 1 rings (SSSR count). The molecule has 0 saturated carbocycles. The fourth-order valence-electron chi connectivity index (χ4n) is 1.11. The Morgan fingerprint density at radius 2 is 2.00 bits per heavy atom. The largest absolute Gasteiger partial charge is 0.403 e. The minimum Gasteiger partial charge on any atom is -0.403 e. The van der Waals surface area contributed by atoms with Gasteiger partial charge < -0.3 is 9.05 Å². The SMILES string of the molecule is COP(C)(=O)Oc1nn(C)c(S(C)(=O)=O)c1Cl. The monoisotopic (exact) mass is 302 g/mol. The Bertz CT molecular complexity index is 581. The van der Waals surface area contributed by atoms with Crippen molar-refractivity contribution >= 4 is 29.0 Å². The molecule has 1 unspecified atom stereocenters. The van der Waals surface area contributed by atoms with E-state index < -0.39 is 17.4 Å².